The van der Waals surface area contributed by atoms with E-state index in [0.29, 0.717) is 11.3 Å². The molecular formula is C22H16Br2FN3O3S. The van der Waals surface area contributed by atoms with Gasteiger partial charge in [0.05, 0.1) is 4.47 Å². The predicted octanol–water partition coefficient (Wildman–Crippen LogP) is 4.62. The number of fused-ring (bicyclic) bond motifs is 1. The second kappa shape index (κ2) is 11.2. The Balaban J connectivity index is 1.44. The van der Waals surface area contributed by atoms with E-state index in [2.05, 4.69) is 48.0 Å². The van der Waals surface area contributed by atoms with Gasteiger partial charge in [-0.3, -0.25) is 25.8 Å². The molecule has 6 nitrogen and oxygen atoms in total. The maximum atomic E-state index is 12.9. The minimum Gasteiger partial charge on any atom is -0.483 e. The summed E-state index contributed by atoms with van der Waals surface area (Å²) in [6.45, 7) is -0.269. The van der Waals surface area contributed by atoms with Crippen molar-refractivity contribution in [2.75, 3.05) is 6.61 Å². The Bertz CT molecular complexity index is 1200. The Morgan fingerprint density at radius 2 is 1.78 bits per heavy atom. The molecule has 10 heteroatoms. The monoisotopic (exact) mass is 579 g/mol. The molecule has 3 aromatic carbocycles. The van der Waals surface area contributed by atoms with Crippen LogP contribution in [0.4, 0.5) is 4.39 Å². The fourth-order valence-electron chi connectivity index (χ4n) is 2.59. The number of ether oxygens (including phenoxy) is 1. The Labute approximate surface area is 205 Å². The van der Waals surface area contributed by atoms with E-state index >= 15 is 0 Å². The third-order valence-electron chi connectivity index (χ3n) is 4.09. The Kier molecular flexibility index (Phi) is 8.32. The van der Waals surface area contributed by atoms with Crippen LogP contribution < -0.4 is 20.9 Å². The molecular weight excluding hydrogens is 565 g/mol. The van der Waals surface area contributed by atoms with Gasteiger partial charge in [-0.1, -0.05) is 40.2 Å². The lowest BCUT2D eigenvalue weighted by Crippen LogP contribution is -2.49. The first kappa shape index (κ1) is 23.8. The average molecular weight is 581 g/mol. The summed E-state index contributed by atoms with van der Waals surface area (Å²) >= 11 is 11.9. The number of hydrogen-bond donors (Lipinski definition) is 3. The van der Waals surface area contributed by atoms with E-state index in [1.165, 1.54) is 36.4 Å². The van der Waals surface area contributed by atoms with Crippen LogP contribution in [0.2, 0.25) is 0 Å². The van der Waals surface area contributed by atoms with E-state index in [1.54, 1.807) is 6.07 Å². The molecule has 0 spiro atoms. The summed E-state index contributed by atoms with van der Waals surface area (Å²) in [5.41, 5.74) is 5.42. The van der Waals surface area contributed by atoms with Crippen molar-refractivity contribution >= 4 is 77.9 Å². The van der Waals surface area contributed by atoms with Gasteiger partial charge in [0.2, 0.25) is 5.91 Å². The lowest BCUT2D eigenvalue weighted by Gasteiger charge is -2.12. The third kappa shape index (κ3) is 6.84. The number of thiocarbonyl (C=S) groups is 1. The molecule has 3 rings (SSSR count). The van der Waals surface area contributed by atoms with E-state index in [0.717, 1.165) is 19.7 Å². The molecule has 0 saturated heterocycles. The number of hydrogen-bond acceptors (Lipinski definition) is 4. The molecule has 0 bridgehead atoms. The second-order valence-corrected chi connectivity index (χ2v) is 8.53. The van der Waals surface area contributed by atoms with E-state index < -0.39 is 11.8 Å². The van der Waals surface area contributed by atoms with E-state index in [4.69, 9.17) is 17.0 Å². The first-order chi connectivity index (χ1) is 15.3. The summed E-state index contributed by atoms with van der Waals surface area (Å²) in [6.07, 6.45) is 2.74. The van der Waals surface area contributed by atoms with Crippen LogP contribution in [0.5, 0.6) is 5.75 Å². The van der Waals surface area contributed by atoms with Gasteiger partial charge in [-0.25, -0.2) is 4.39 Å². The highest BCUT2D eigenvalue weighted by Gasteiger charge is 2.10. The SMILES string of the molecule is O=C(C=Cc1ccc(F)cc1)NC(=S)NNC(=O)COc1ccc2cc(Br)ccc2c1Br. The number of amides is 2. The van der Waals surface area contributed by atoms with Crippen LogP contribution >= 0.6 is 44.1 Å². The standard InChI is InChI=1S/C22H16Br2FN3O3S/c23-15-5-8-17-14(11-15)4-9-18(21(17)24)31-12-20(30)27-28-22(32)26-19(29)10-3-13-1-6-16(25)7-2-13/h1-11H,12H2,(H,27,30)(H2,26,28,29,32). The molecule has 0 saturated carbocycles. The predicted molar refractivity (Wildman–Crippen MR) is 132 cm³/mol. The van der Waals surface area contributed by atoms with Gasteiger partial charge in [-0.05, 0) is 80.9 Å². The molecule has 0 heterocycles. The van der Waals surface area contributed by atoms with Crippen LogP contribution in [0.3, 0.4) is 0 Å². The summed E-state index contributed by atoms with van der Waals surface area (Å²) < 4.78 is 20.1. The van der Waals surface area contributed by atoms with Crippen molar-refractivity contribution in [1.82, 2.24) is 16.2 Å². The molecule has 0 aliphatic heterocycles. The van der Waals surface area contributed by atoms with Gasteiger partial charge in [0.25, 0.3) is 5.91 Å². The molecule has 0 unspecified atom stereocenters. The Morgan fingerprint density at radius 1 is 1.03 bits per heavy atom. The van der Waals surface area contributed by atoms with Crippen molar-refractivity contribution in [2.45, 2.75) is 0 Å². The zero-order valence-corrected chi connectivity index (χ0v) is 20.3. The molecule has 0 fully saturated rings. The molecule has 32 heavy (non-hydrogen) atoms. The number of benzene rings is 3. The quantitative estimate of drug-likeness (QED) is 0.233. The van der Waals surface area contributed by atoms with Gasteiger partial charge in [0, 0.05) is 10.5 Å². The van der Waals surface area contributed by atoms with Crippen molar-refractivity contribution in [3.05, 3.63) is 81.0 Å². The highest BCUT2D eigenvalue weighted by Crippen LogP contribution is 2.34. The van der Waals surface area contributed by atoms with Gasteiger partial charge in [0.1, 0.15) is 11.6 Å². The molecule has 3 aromatic rings. The fourth-order valence-corrected chi connectivity index (χ4v) is 3.73. The highest BCUT2D eigenvalue weighted by molar-refractivity contribution is 9.11. The zero-order valence-electron chi connectivity index (χ0n) is 16.3. The van der Waals surface area contributed by atoms with Gasteiger partial charge < -0.3 is 4.74 Å². The molecule has 2 amide bonds. The van der Waals surface area contributed by atoms with Gasteiger partial charge in [-0.2, -0.15) is 0 Å². The van der Waals surface area contributed by atoms with E-state index in [9.17, 15) is 14.0 Å². The third-order valence-corrected chi connectivity index (χ3v) is 5.60. The largest absolute Gasteiger partial charge is 0.483 e. The molecule has 3 N–H and O–H groups in total. The minimum atomic E-state index is -0.510. The lowest BCUT2D eigenvalue weighted by atomic mass is 10.1. The smallest absolute Gasteiger partial charge is 0.276 e. The van der Waals surface area contributed by atoms with Crippen LogP contribution in [-0.4, -0.2) is 23.5 Å². The highest BCUT2D eigenvalue weighted by atomic mass is 79.9. The molecule has 0 aliphatic carbocycles. The summed E-state index contributed by atoms with van der Waals surface area (Å²) in [4.78, 5) is 23.9. The number of halogens is 3. The molecule has 0 aromatic heterocycles. The van der Waals surface area contributed by atoms with Crippen molar-refractivity contribution in [3.63, 3.8) is 0 Å². The number of carbonyl (C=O) groups excluding carboxylic acids is 2. The average Bonchev–Trinajstić information content (AvgIpc) is 2.77. The summed E-state index contributed by atoms with van der Waals surface area (Å²) in [7, 11) is 0. The number of hydrazine groups is 1. The number of rotatable bonds is 5. The molecule has 164 valence electrons. The van der Waals surface area contributed by atoms with Crippen molar-refractivity contribution in [1.29, 1.82) is 0 Å². The Morgan fingerprint density at radius 3 is 2.53 bits per heavy atom. The van der Waals surface area contributed by atoms with Crippen LogP contribution in [0.15, 0.2) is 69.6 Å². The van der Waals surface area contributed by atoms with Crippen molar-refractivity contribution in [2.24, 2.45) is 0 Å². The first-order valence-corrected chi connectivity index (χ1v) is 11.2. The second-order valence-electron chi connectivity index (χ2n) is 6.41. The van der Waals surface area contributed by atoms with Crippen molar-refractivity contribution in [3.8, 4) is 5.75 Å². The topological polar surface area (TPSA) is 79.5 Å². The van der Waals surface area contributed by atoms with E-state index in [1.807, 2.05) is 24.3 Å². The number of carbonyl (C=O) groups is 2. The maximum absolute atomic E-state index is 12.9. The molecule has 0 atom stereocenters. The minimum absolute atomic E-state index is 0.0930. The lowest BCUT2D eigenvalue weighted by molar-refractivity contribution is -0.123. The van der Waals surface area contributed by atoms with Crippen molar-refractivity contribution < 1.29 is 18.7 Å². The van der Waals surface area contributed by atoms with Gasteiger partial charge in [-0.15, -0.1) is 0 Å². The Hall–Kier alpha value is -2.82. The maximum Gasteiger partial charge on any atom is 0.276 e. The molecule has 0 radical (unpaired) electrons. The van der Waals surface area contributed by atoms with E-state index in [-0.39, 0.29) is 17.5 Å². The zero-order chi connectivity index (χ0) is 23.1. The normalized spacial score (nSPS) is 10.7. The van der Waals surface area contributed by atoms with Gasteiger partial charge in [0.15, 0.2) is 11.7 Å². The fraction of sp³-hybridized carbons (Fsp3) is 0.0455. The summed E-state index contributed by atoms with van der Waals surface area (Å²) in [6, 6.07) is 15.1. The summed E-state index contributed by atoms with van der Waals surface area (Å²) in [5, 5.41) is 4.24. The van der Waals surface area contributed by atoms with Crippen LogP contribution in [0.25, 0.3) is 16.8 Å². The number of nitrogens with one attached hydrogen (secondary N) is 3. The van der Waals surface area contributed by atoms with Crippen LogP contribution in [0.1, 0.15) is 5.56 Å². The van der Waals surface area contributed by atoms with Crippen LogP contribution in [-0.2, 0) is 9.59 Å². The first-order valence-electron chi connectivity index (χ1n) is 9.16. The molecule has 0 aliphatic rings. The van der Waals surface area contributed by atoms with Gasteiger partial charge >= 0.3 is 0 Å². The summed E-state index contributed by atoms with van der Waals surface area (Å²) in [5.74, 6) is -0.856. The van der Waals surface area contributed by atoms with Crippen LogP contribution in [0, 0.1) is 5.82 Å².